The van der Waals surface area contributed by atoms with E-state index < -0.39 is 0 Å². The van der Waals surface area contributed by atoms with Gasteiger partial charge in [-0.15, -0.1) is 0 Å². The van der Waals surface area contributed by atoms with E-state index in [2.05, 4.69) is 33.2 Å². The van der Waals surface area contributed by atoms with Crippen LogP contribution >= 0.6 is 46.4 Å². The number of halogens is 2. The van der Waals surface area contributed by atoms with Crippen LogP contribution in [0.4, 0.5) is 5.69 Å². The molecule has 112 valence electrons. The average Bonchev–Trinajstić information content (AvgIpc) is 2.49. The maximum atomic E-state index is 11.8. The molecule has 0 aliphatic rings. The van der Waals surface area contributed by atoms with E-state index in [1.807, 2.05) is 42.5 Å². The Labute approximate surface area is 152 Å². The lowest BCUT2D eigenvalue weighted by molar-refractivity contribution is -0.115. The zero-order valence-electron chi connectivity index (χ0n) is 11.3. The molecule has 2 rings (SSSR count). The first-order valence-electron chi connectivity index (χ1n) is 6.35. The first-order valence-corrected chi connectivity index (χ1v) is 8.21. The third-order valence-electron chi connectivity index (χ3n) is 2.66. The van der Waals surface area contributed by atoms with E-state index >= 15 is 0 Å². The van der Waals surface area contributed by atoms with Crippen LogP contribution in [0.5, 0.6) is 0 Å². The van der Waals surface area contributed by atoms with E-state index in [0.29, 0.717) is 5.02 Å². The van der Waals surface area contributed by atoms with Crippen molar-refractivity contribution in [1.29, 1.82) is 0 Å². The minimum atomic E-state index is -0.317. The molecule has 0 aromatic heterocycles. The lowest BCUT2D eigenvalue weighted by atomic mass is 10.2. The van der Waals surface area contributed by atoms with Crippen LogP contribution in [0.1, 0.15) is 5.56 Å². The maximum absolute atomic E-state index is 11.8. The van der Waals surface area contributed by atoms with Gasteiger partial charge in [0.2, 0.25) is 5.91 Å². The molecule has 2 aromatic carbocycles. The predicted molar refractivity (Wildman–Crippen MR) is 104 cm³/mol. The second-order valence-corrected chi connectivity index (χ2v) is 6.37. The minimum Gasteiger partial charge on any atom is -0.332 e. The van der Waals surface area contributed by atoms with E-state index in [-0.39, 0.29) is 11.0 Å². The summed E-state index contributed by atoms with van der Waals surface area (Å²) in [5.74, 6) is -0.317. The number of carbonyl (C=O) groups is 1. The van der Waals surface area contributed by atoms with E-state index in [0.717, 1.165) is 14.8 Å². The summed E-state index contributed by atoms with van der Waals surface area (Å²) < 4.78 is 1.13. The number of amides is 1. The molecule has 0 fully saturated rings. The second kappa shape index (κ2) is 8.26. The molecule has 1 amide bonds. The van der Waals surface area contributed by atoms with E-state index in [1.165, 1.54) is 6.08 Å². The summed E-state index contributed by atoms with van der Waals surface area (Å²) in [6, 6.07) is 15.0. The van der Waals surface area contributed by atoms with Crippen LogP contribution in [0.25, 0.3) is 6.08 Å². The van der Waals surface area contributed by atoms with Gasteiger partial charge in [0.25, 0.3) is 0 Å². The molecule has 0 aliphatic heterocycles. The van der Waals surface area contributed by atoms with Crippen LogP contribution in [0, 0.1) is 3.57 Å². The standard InChI is InChI=1S/C16H12ClIN2OS/c17-14-4-2-1-3-11(14)5-10-15(21)20-16(22)19-13-8-6-12(18)7-9-13/h1-10H,(H2,19,20,21,22). The van der Waals surface area contributed by atoms with Gasteiger partial charge in [-0.1, -0.05) is 29.8 Å². The van der Waals surface area contributed by atoms with Gasteiger partial charge in [0, 0.05) is 20.4 Å². The molecular weight excluding hydrogens is 431 g/mol. The molecule has 22 heavy (non-hydrogen) atoms. The fourth-order valence-electron chi connectivity index (χ4n) is 1.62. The molecule has 0 saturated heterocycles. The van der Waals surface area contributed by atoms with E-state index in [9.17, 15) is 4.79 Å². The molecule has 0 unspecified atom stereocenters. The van der Waals surface area contributed by atoms with Crippen LogP contribution in [-0.4, -0.2) is 11.0 Å². The van der Waals surface area contributed by atoms with Crippen molar-refractivity contribution in [3.8, 4) is 0 Å². The highest BCUT2D eigenvalue weighted by Crippen LogP contribution is 2.16. The zero-order chi connectivity index (χ0) is 15.9. The van der Waals surface area contributed by atoms with Crippen molar-refractivity contribution in [2.24, 2.45) is 0 Å². The Morgan fingerprint density at radius 2 is 1.82 bits per heavy atom. The molecule has 0 saturated carbocycles. The summed E-state index contributed by atoms with van der Waals surface area (Å²) in [6.45, 7) is 0. The lowest BCUT2D eigenvalue weighted by Gasteiger charge is -2.08. The van der Waals surface area contributed by atoms with Gasteiger partial charge in [0.15, 0.2) is 5.11 Å². The number of anilines is 1. The highest BCUT2D eigenvalue weighted by atomic mass is 127. The normalized spacial score (nSPS) is 10.5. The van der Waals surface area contributed by atoms with Crippen molar-refractivity contribution in [2.45, 2.75) is 0 Å². The molecule has 0 radical (unpaired) electrons. The van der Waals surface area contributed by atoms with Crippen molar-refractivity contribution >= 4 is 69.2 Å². The second-order valence-electron chi connectivity index (χ2n) is 4.31. The molecular formula is C16H12ClIN2OS. The molecule has 2 N–H and O–H groups in total. The van der Waals surface area contributed by atoms with Crippen molar-refractivity contribution in [2.75, 3.05) is 5.32 Å². The van der Waals surface area contributed by atoms with Gasteiger partial charge in [0.1, 0.15) is 0 Å². The number of hydrogen-bond donors (Lipinski definition) is 2. The molecule has 0 aliphatic carbocycles. The Morgan fingerprint density at radius 3 is 2.50 bits per heavy atom. The summed E-state index contributed by atoms with van der Waals surface area (Å²) >= 11 is 13.3. The summed E-state index contributed by atoms with van der Waals surface area (Å²) in [6.07, 6.45) is 3.04. The van der Waals surface area contributed by atoms with Crippen LogP contribution in [0.15, 0.2) is 54.6 Å². The molecule has 3 nitrogen and oxygen atoms in total. The molecule has 0 bridgehead atoms. The zero-order valence-corrected chi connectivity index (χ0v) is 15.1. The quantitative estimate of drug-likeness (QED) is 0.419. The summed E-state index contributed by atoms with van der Waals surface area (Å²) in [4.78, 5) is 11.8. The predicted octanol–water partition coefficient (Wildman–Crippen LogP) is 4.47. The highest BCUT2D eigenvalue weighted by molar-refractivity contribution is 14.1. The van der Waals surface area contributed by atoms with Crippen molar-refractivity contribution in [3.63, 3.8) is 0 Å². The number of rotatable bonds is 3. The molecule has 2 aromatic rings. The SMILES string of the molecule is O=C(C=Cc1ccccc1Cl)NC(=S)Nc1ccc(I)cc1. The fraction of sp³-hybridized carbons (Fsp3) is 0. The van der Waals surface area contributed by atoms with Crippen LogP contribution < -0.4 is 10.6 Å². The number of benzene rings is 2. The van der Waals surface area contributed by atoms with E-state index in [4.69, 9.17) is 23.8 Å². The Kier molecular flexibility index (Phi) is 6.35. The highest BCUT2D eigenvalue weighted by Gasteiger charge is 2.02. The van der Waals surface area contributed by atoms with Crippen molar-refractivity contribution < 1.29 is 4.79 Å². The van der Waals surface area contributed by atoms with Crippen molar-refractivity contribution in [1.82, 2.24) is 5.32 Å². The van der Waals surface area contributed by atoms with E-state index in [1.54, 1.807) is 12.1 Å². The largest absolute Gasteiger partial charge is 0.332 e. The summed E-state index contributed by atoms with van der Waals surface area (Å²) in [7, 11) is 0. The number of thiocarbonyl (C=S) groups is 1. The van der Waals surface area contributed by atoms with Gasteiger partial charge in [0.05, 0.1) is 0 Å². The Morgan fingerprint density at radius 1 is 1.14 bits per heavy atom. The Balaban J connectivity index is 1.90. The van der Waals surface area contributed by atoms with Crippen LogP contribution in [0.2, 0.25) is 5.02 Å². The lowest BCUT2D eigenvalue weighted by Crippen LogP contribution is -2.32. The summed E-state index contributed by atoms with van der Waals surface area (Å²) in [5, 5.41) is 6.36. The fourth-order valence-corrected chi connectivity index (χ4v) is 2.40. The molecule has 6 heteroatoms. The average molecular weight is 443 g/mol. The van der Waals surface area contributed by atoms with Gasteiger partial charge >= 0.3 is 0 Å². The topological polar surface area (TPSA) is 41.1 Å². The summed E-state index contributed by atoms with van der Waals surface area (Å²) in [5.41, 5.74) is 1.59. The Hall–Kier alpha value is -1.44. The van der Waals surface area contributed by atoms with Gasteiger partial charge < -0.3 is 5.32 Å². The Bertz CT molecular complexity index is 716. The monoisotopic (exact) mass is 442 g/mol. The molecule has 0 atom stereocenters. The molecule has 0 spiro atoms. The third kappa shape index (κ3) is 5.40. The number of hydrogen-bond acceptors (Lipinski definition) is 2. The van der Waals surface area contributed by atoms with Gasteiger partial charge in [-0.25, -0.2) is 0 Å². The number of nitrogens with one attached hydrogen (secondary N) is 2. The van der Waals surface area contributed by atoms with Crippen LogP contribution in [-0.2, 0) is 4.79 Å². The molecule has 0 heterocycles. The first-order chi connectivity index (χ1) is 10.5. The van der Waals surface area contributed by atoms with Gasteiger partial charge in [-0.2, -0.15) is 0 Å². The minimum absolute atomic E-state index is 0.245. The van der Waals surface area contributed by atoms with Crippen LogP contribution in [0.3, 0.4) is 0 Å². The number of carbonyl (C=O) groups excluding carboxylic acids is 1. The smallest absolute Gasteiger partial charge is 0.250 e. The third-order valence-corrected chi connectivity index (χ3v) is 3.93. The maximum Gasteiger partial charge on any atom is 0.250 e. The first kappa shape index (κ1) is 16.9. The van der Waals surface area contributed by atoms with Gasteiger partial charge in [-0.05, 0) is 76.8 Å². The van der Waals surface area contributed by atoms with Crippen molar-refractivity contribution in [3.05, 3.63) is 68.8 Å². The van der Waals surface area contributed by atoms with Gasteiger partial charge in [-0.3, -0.25) is 10.1 Å².